The summed E-state index contributed by atoms with van der Waals surface area (Å²) < 4.78 is 10.7. The van der Waals surface area contributed by atoms with Crippen LogP contribution < -0.4 is 15.4 Å². The van der Waals surface area contributed by atoms with Gasteiger partial charge in [0.1, 0.15) is 11.8 Å². The molecule has 2 N–H and O–H groups in total. The second-order valence-corrected chi connectivity index (χ2v) is 8.01. The van der Waals surface area contributed by atoms with E-state index in [1.165, 1.54) is 0 Å². The van der Waals surface area contributed by atoms with Gasteiger partial charge in [0, 0.05) is 37.4 Å². The van der Waals surface area contributed by atoms with Crippen molar-refractivity contribution in [2.24, 2.45) is 0 Å². The highest BCUT2D eigenvalue weighted by molar-refractivity contribution is 6.32. The molecule has 0 unspecified atom stereocenters. The van der Waals surface area contributed by atoms with E-state index in [1.807, 2.05) is 24.3 Å². The number of fused-ring (bicyclic) bond motifs is 1. The summed E-state index contributed by atoms with van der Waals surface area (Å²) in [5.74, 6) is 1.40. The number of piperidine rings is 1. The van der Waals surface area contributed by atoms with Crippen molar-refractivity contribution in [3.8, 4) is 11.8 Å². The number of rotatable bonds is 5. The number of ether oxygens (including phenoxy) is 2. The number of hydrogen-bond acceptors (Lipinski definition) is 7. The molecule has 2 aromatic carbocycles. The van der Waals surface area contributed by atoms with Crippen molar-refractivity contribution in [3.63, 3.8) is 0 Å². The second-order valence-electron chi connectivity index (χ2n) is 7.60. The molecule has 1 fully saturated rings. The highest BCUT2D eigenvalue weighted by Gasteiger charge is 2.24. The standard InChI is InChI=1S/C23H24ClN5O2.ClH/c1-30-16-7-9-29(10-8-16)23-17-5-4-15(13-25)22(26)21(17)19(27-28-23)12-14-3-6-20(31-2)18(24)11-14;/h3-6,11,16H,7-10,12,26H2,1-2H3;1H. The topological polar surface area (TPSA) is 97.3 Å². The minimum Gasteiger partial charge on any atom is -0.495 e. The molecule has 0 bridgehead atoms. The van der Waals surface area contributed by atoms with E-state index in [2.05, 4.69) is 21.2 Å². The molecule has 1 aliphatic rings. The molecule has 9 heteroatoms. The molecule has 0 amide bonds. The van der Waals surface area contributed by atoms with E-state index >= 15 is 0 Å². The Labute approximate surface area is 198 Å². The summed E-state index contributed by atoms with van der Waals surface area (Å²) in [5.41, 5.74) is 8.95. The Hall–Kier alpha value is -2.79. The largest absolute Gasteiger partial charge is 0.495 e. The Balaban J connectivity index is 0.00000289. The first-order valence-corrected chi connectivity index (χ1v) is 10.5. The maximum Gasteiger partial charge on any atom is 0.159 e. The summed E-state index contributed by atoms with van der Waals surface area (Å²) in [5, 5.41) is 20.8. The van der Waals surface area contributed by atoms with Crippen LogP contribution in [0.5, 0.6) is 5.75 Å². The molecule has 3 aromatic rings. The zero-order chi connectivity index (χ0) is 22.0. The van der Waals surface area contributed by atoms with E-state index < -0.39 is 0 Å². The van der Waals surface area contributed by atoms with Gasteiger partial charge < -0.3 is 20.1 Å². The lowest BCUT2D eigenvalue weighted by Crippen LogP contribution is -2.37. The van der Waals surface area contributed by atoms with Crippen molar-refractivity contribution in [1.29, 1.82) is 5.26 Å². The third-order valence-corrected chi connectivity index (χ3v) is 6.12. The molecule has 0 aliphatic carbocycles. The zero-order valence-electron chi connectivity index (χ0n) is 18.0. The van der Waals surface area contributed by atoms with Crippen LogP contribution >= 0.6 is 24.0 Å². The van der Waals surface area contributed by atoms with Crippen LogP contribution in [0.15, 0.2) is 30.3 Å². The molecule has 0 spiro atoms. The predicted molar refractivity (Wildman–Crippen MR) is 129 cm³/mol. The van der Waals surface area contributed by atoms with Gasteiger partial charge in [0.05, 0.1) is 35.2 Å². The average Bonchev–Trinajstić information content (AvgIpc) is 2.79. The smallest absolute Gasteiger partial charge is 0.159 e. The monoisotopic (exact) mass is 473 g/mol. The molecule has 0 atom stereocenters. The maximum atomic E-state index is 9.51. The van der Waals surface area contributed by atoms with E-state index in [1.54, 1.807) is 20.3 Å². The first kappa shape index (κ1) is 23.9. The van der Waals surface area contributed by atoms with Gasteiger partial charge in [-0.1, -0.05) is 17.7 Å². The van der Waals surface area contributed by atoms with Crippen LogP contribution in [0, 0.1) is 11.3 Å². The lowest BCUT2D eigenvalue weighted by Gasteiger charge is -2.32. The number of aromatic nitrogens is 2. The summed E-state index contributed by atoms with van der Waals surface area (Å²) >= 11 is 6.30. The molecule has 0 radical (unpaired) electrons. The number of nitrogens with zero attached hydrogens (tertiary/aromatic N) is 4. The molecule has 1 aliphatic heterocycles. The molecular formula is C23H25Cl2N5O2. The van der Waals surface area contributed by atoms with Gasteiger partial charge in [0.25, 0.3) is 0 Å². The Morgan fingerprint density at radius 3 is 2.56 bits per heavy atom. The minimum atomic E-state index is 0. The highest BCUT2D eigenvalue weighted by atomic mass is 35.5. The number of halogens is 2. The fourth-order valence-electron chi connectivity index (χ4n) is 4.10. The van der Waals surface area contributed by atoms with Crippen LogP contribution in [-0.4, -0.2) is 43.6 Å². The highest BCUT2D eigenvalue weighted by Crippen LogP contribution is 2.35. The predicted octanol–water partition coefficient (Wildman–Crippen LogP) is 4.37. The van der Waals surface area contributed by atoms with E-state index in [0.717, 1.165) is 48.1 Å². The first-order chi connectivity index (χ1) is 15.0. The number of nitrogens with two attached hydrogens (primary N) is 1. The quantitative estimate of drug-likeness (QED) is 0.549. The SMILES string of the molecule is COc1ccc(Cc2nnc(N3CCC(OC)CC3)c3ccc(C#N)c(N)c23)cc1Cl.Cl. The number of anilines is 2. The van der Waals surface area contributed by atoms with Gasteiger partial charge in [-0.2, -0.15) is 10.4 Å². The lowest BCUT2D eigenvalue weighted by atomic mass is 9.99. The molecule has 7 nitrogen and oxygen atoms in total. The molecule has 168 valence electrons. The zero-order valence-corrected chi connectivity index (χ0v) is 19.5. The van der Waals surface area contributed by atoms with E-state index in [0.29, 0.717) is 34.1 Å². The van der Waals surface area contributed by atoms with Gasteiger partial charge in [0.2, 0.25) is 0 Å². The summed E-state index contributed by atoms with van der Waals surface area (Å²) in [7, 11) is 3.33. The molecule has 4 rings (SSSR count). The van der Waals surface area contributed by atoms with Crippen LogP contribution in [0.4, 0.5) is 11.5 Å². The molecule has 1 saturated heterocycles. The van der Waals surface area contributed by atoms with Crippen molar-refractivity contribution in [2.75, 3.05) is 37.9 Å². The van der Waals surface area contributed by atoms with Gasteiger partial charge in [0.15, 0.2) is 5.82 Å². The molecule has 2 heterocycles. The average molecular weight is 474 g/mol. The molecule has 0 saturated carbocycles. The van der Waals surface area contributed by atoms with Crippen molar-refractivity contribution >= 4 is 46.3 Å². The van der Waals surface area contributed by atoms with Crippen LogP contribution in [-0.2, 0) is 11.2 Å². The van der Waals surface area contributed by atoms with Gasteiger partial charge >= 0.3 is 0 Å². The third-order valence-electron chi connectivity index (χ3n) is 5.82. The number of nitrogen functional groups attached to an aromatic ring is 1. The van der Waals surface area contributed by atoms with Gasteiger partial charge in [-0.3, -0.25) is 0 Å². The Bertz CT molecular complexity index is 1160. The minimum absolute atomic E-state index is 0. The summed E-state index contributed by atoms with van der Waals surface area (Å²) in [6, 6.07) is 11.5. The summed E-state index contributed by atoms with van der Waals surface area (Å²) in [6.07, 6.45) is 2.61. The van der Waals surface area contributed by atoms with Crippen LogP contribution in [0.3, 0.4) is 0 Å². The van der Waals surface area contributed by atoms with Crippen molar-refractivity contribution in [1.82, 2.24) is 10.2 Å². The fraction of sp³-hybridized carbons (Fsp3) is 0.348. The molecule has 1 aromatic heterocycles. The number of methoxy groups -OCH3 is 2. The fourth-order valence-corrected chi connectivity index (χ4v) is 4.38. The van der Waals surface area contributed by atoms with Gasteiger partial charge in [-0.15, -0.1) is 17.5 Å². The first-order valence-electron chi connectivity index (χ1n) is 10.1. The second kappa shape index (κ2) is 10.2. The lowest BCUT2D eigenvalue weighted by molar-refractivity contribution is 0.0818. The summed E-state index contributed by atoms with van der Waals surface area (Å²) in [4.78, 5) is 2.21. The van der Waals surface area contributed by atoms with Crippen LogP contribution in [0.2, 0.25) is 5.02 Å². The maximum absolute atomic E-state index is 9.51. The number of hydrogen-bond donors (Lipinski definition) is 1. The van der Waals surface area contributed by atoms with Crippen LogP contribution in [0.1, 0.15) is 29.7 Å². The Kier molecular flexibility index (Phi) is 7.62. The molecule has 32 heavy (non-hydrogen) atoms. The van der Waals surface area contributed by atoms with E-state index in [9.17, 15) is 5.26 Å². The van der Waals surface area contributed by atoms with E-state index in [4.69, 9.17) is 26.8 Å². The van der Waals surface area contributed by atoms with E-state index in [-0.39, 0.29) is 18.5 Å². The van der Waals surface area contributed by atoms with Crippen molar-refractivity contribution in [3.05, 3.63) is 52.2 Å². The van der Waals surface area contributed by atoms with Crippen LogP contribution in [0.25, 0.3) is 10.8 Å². The van der Waals surface area contributed by atoms with Gasteiger partial charge in [-0.05, 0) is 42.7 Å². The molecular weight excluding hydrogens is 449 g/mol. The van der Waals surface area contributed by atoms with Crippen molar-refractivity contribution in [2.45, 2.75) is 25.4 Å². The number of benzene rings is 2. The normalized spacial score (nSPS) is 14.1. The Morgan fingerprint density at radius 2 is 1.94 bits per heavy atom. The Morgan fingerprint density at radius 1 is 1.19 bits per heavy atom. The van der Waals surface area contributed by atoms with Crippen molar-refractivity contribution < 1.29 is 9.47 Å². The third kappa shape index (κ3) is 4.53. The van der Waals surface area contributed by atoms with Gasteiger partial charge in [-0.25, -0.2) is 0 Å². The summed E-state index contributed by atoms with van der Waals surface area (Å²) in [6.45, 7) is 1.66. The number of nitriles is 1.